The summed E-state index contributed by atoms with van der Waals surface area (Å²) in [5.74, 6) is -1.56. The van der Waals surface area contributed by atoms with E-state index >= 15 is 0 Å². The van der Waals surface area contributed by atoms with Crippen LogP contribution in [0, 0.1) is 0 Å². The van der Waals surface area contributed by atoms with Crippen LogP contribution in [0.4, 0.5) is 0 Å². The summed E-state index contributed by atoms with van der Waals surface area (Å²) in [5, 5.41) is 0. The first-order chi connectivity index (χ1) is 8.03. The van der Waals surface area contributed by atoms with E-state index in [1.165, 1.54) is 6.92 Å². The van der Waals surface area contributed by atoms with E-state index in [0.29, 0.717) is 11.1 Å². The SMILES string of the molecule is CSC1(OC(C)=O)C(=O)c2ccccc2C1=O. The molecular formula is C12H10O4S. The fourth-order valence-electron chi connectivity index (χ4n) is 1.86. The molecule has 1 aromatic rings. The molecule has 1 aromatic carbocycles. The van der Waals surface area contributed by atoms with Crippen molar-refractivity contribution in [1.29, 1.82) is 0 Å². The van der Waals surface area contributed by atoms with Gasteiger partial charge in [0.05, 0.1) is 0 Å². The fraction of sp³-hybridized carbons (Fsp3) is 0.250. The first kappa shape index (κ1) is 11.9. The predicted octanol–water partition coefficient (Wildman–Crippen LogP) is 1.69. The molecule has 0 aliphatic heterocycles. The molecule has 0 N–H and O–H groups in total. The zero-order valence-corrected chi connectivity index (χ0v) is 10.2. The molecule has 0 amide bonds. The third-order valence-electron chi connectivity index (χ3n) is 2.59. The van der Waals surface area contributed by atoms with Gasteiger partial charge in [-0.2, -0.15) is 0 Å². The number of hydrogen-bond acceptors (Lipinski definition) is 5. The van der Waals surface area contributed by atoms with Crippen molar-refractivity contribution in [3.8, 4) is 0 Å². The molecule has 0 radical (unpaired) electrons. The quantitative estimate of drug-likeness (QED) is 0.454. The van der Waals surface area contributed by atoms with E-state index in [0.717, 1.165) is 11.8 Å². The standard InChI is InChI=1S/C12H10O4S/c1-7(13)16-12(17-2)10(14)8-5-3-4-6-9(8)11(12)15/h3-6H,1-2H3. The molecule has 17 heavy (non-hydrogen) atoms. The summed E-state index contributed by atoms with van der Waals surface area (Å²) in [7, 11) is 0. The number of Topliss-reactive ketones (excluding diaryl/α,β-unsaturated/α-hetero) is 2. The molecule has 0 atom stereocenters. The zero-order chi connectivity index (χ0) is 12.6. The van der Waals surface area contributed by atoms with Crippen LogP contribution in [0.25, 0.3) is 0 Å². The Morgan fingerprint density at radius 3 is 2.00 bits per heavy atom. The Morgan fingerprint density at radius 1 is 1.18 bits per heavy atom. The van der Waals surface area contributed by atoms with Gasteiger partial charge in [-0.25, -0.2) is 0 Å². The number of benzene rings is 1. The minimum atomic E-state index is -1.73. The third-order valence-corrected chi connectivity index (χ3v) is 3.62. The predicted molar refractivity (Wildman–Crippen MR) is 63.1 cm³/mol. The average molecular weight is 250 g/mol. The van der Waals surface area contributed by atoms with Gasteiger partial charge in [-0.05, 0) is 6.26 Å². The van der Waals surface area contributed by atoms with Gasteiger partial charge in [0, 0.05) is 18.1 Å². The molecule has 5 heteroatoms. The number of rotatable bonds is 2. The highest BCUT2D eigenvalue weighted by Crippen LogP contribution is 2.39. The van der Waals surface area contributed by atoms with Crippen LogP contribution < -0.4 is 0 Å². The van der Waals surface area contributed by atoms with Crippen molar-refractivity contribution in [1.82, 2.24) is 0 Å². The molecule has 4 nitrogen and oxygen atoms in total. The normalized spacial score (nSPS) is 16.8. The van der Waals surface area contributed by atoms with Crippen molar-refractivity contribution in [3.63, 3.8) is 0 Å². The van der Waals surface area contributed by atoms with Crippen molar-refractivity contribution in [3.05, 3.63) is 35.4 Å². The van der Waals surface area contributed by atoms with Crippen LogP contribution in [-0.4, -0.2) is 28.7 Å². The number of thioether (sulfide) groups is 1. The number of ketones is 2. The van der Waals surface area contributed by atoms with Crippen molar-refractivity contribution < 1.29 is 19.1 Å². The van der Waals surface area contributed by atoms with Crippen molar-refractivity contribution in [2.45, 2.75) is 11.9 Å². The molecule has 1 aliphatic rings. The molecule has 1 aliphatic carbocycles. The third kappa shape index (κ3) is 1.58. The summed E-state index contributed by atoms with van der Waals surface area (Å²) in [6, 6.07) is 6.48. The molecule has 0 saturated heterocycles. The summed E-state index contributed by atoms with van der Waals surface area (Å²) in [6.45, 7) is 1.18. The lowest BCUT2D eigenvalue weighted by molar-refractivity contribution is -0.144. The summed E-state index contributed by atoms with van der Waals surface area (Å²) >= 11 is 0.939. The molecule has 0 saturated carbocycles. The topological polar surface area (TPSA) is 60.4 Å². The lowest BCUT2D eigenvalue weighted by Crippen LogP contribution is -2.41. The average Bonchev–Trinajstić information content (AvgIpc) is 2.52. The van der Waals surface area contributed by atoms with Crippen LogP contribution in [-0.2, 0) is 9.53 Å². The number of hydrogen-bond donors (Lipinski definition) is 0. The maximum atomic E-state index is 12.2. The zero-order valence-electron chi connectivity index (χ0n) is 9.35. The van der Waals surface area contributed by atoms with Crippen LogP contribution in [0.1, 0.15) is 27.6 Å². The second kappa shape index (κ2) is 4.00. The highest BCUT2D eigenvalue weighted by atomic mass is 32.2. The smallest absolute Gasteiger partial charge is 0.304 e. The summed E-state index contributed by atoms with van der Waals surface area (Å²) in [4.78, 5) is 33.7. The summed E-state index contributed by atoms with van der Waals surface area (Å²) in [5.41, 5.74) is 0.626. The summed E-state index contributed by atoms with van der Waals surface area (Å²) < 4.78 is 4.98. The Labute approximate surface area is 102 Å². The van der Waals surface area contributed by atoms with E-state index in [1.54, 1.807) is 30.5 Å². The monoisotopic (exact) mass is 250 g/mol. The van der Waals surface area contributed by atoms with E-state index in [9.17, 15) is 14.4 Å². The van der Waals surface area contributed by atoms with Crippen LogP contribution in [0.5, 0.6) is 0 Å². The van der Waals surface area contributed by atoms with Crippen molar-refractivity contribution >= 4 is 29.3 Å². The van der Waals surface area contributed by atoms with E-state index in [2.05, 4.69) is 0 Å². The van der Waals surface area contributed by atoms with Crippen molar-refractivity contribution in [2.24, 2.45) is 0 Å². The van der Waals surface area contributed by atoms with Gasteiger partial charge in [0.1, 0.15) is 0 Å². The molecule has 2 rings (SSSR count). The van der Waals surface area contributed by atoms with E-state index in [1.807, 2.05) is 0 Å². The number of carbonyl (C=O) groups is 3. The van der Waals surface area contributed by atoms with Gasteiger partial charge in [0.2, 0.25) is 11.6 Å². The van der Waals surface area contributed by atoms with Gasteiger partial charge in [-0.3, -0.25) is 14.4 Å². The van der Waals surface area contributed by atoms with Gasteiger partial charge in [-0.1, -0.05) is 24.3 Å². The van der Waals surface area contributed by atoms with Crippen LogP contribution in [0.3, 0.4) is 0 Å². The largest absolute Gasteiger partial charge is 0.432 e. The van der Waals surface area contributed by atoms with Crippen molar-refractivity contribution in [2.75, 3.05) is 6.26 Å². The number of fused-ring (bicyclic) bond motifs is 1. The van der Waals surface area contributed by atoms with Gasteiger partial charge < -0.3 is 4.74 Å². The fourth-order valence-corrected chi connectivity index (χ4v) is 2.65. The molecule has 88 valence electrons. The van der Waals surface area contributed by atoms with Crippen LogP contribution >= 0.6 is 11.8 Å². The van der Waals surface area contributed by atoms with Gasteiger partial charge >= 0.3 is 5.97 Å². The Bertz CT molecular complexity index is 486. The molecule has 0 bridgehead atoms. The second-order valence-corrected chi connectivity index (χ2v) is 4.60. The molecule has 0 aromatic heterocycles. The second-order valence-electron chi connectivity index (χ2n) is 3.62. The molecular weight excluding hydrogens is 240 g/mol. The highest BCUT2D eigenvalue weighted by Gasteiger charge is 2.55. The molecule has 0 unspecified atom stereocenters. The minimum Gasteiger partial charge on any atom is -0.432 e. The van der Waals surface area contributed by atoms with Gasteiger partial charge in [0.15, 0.2) is 0 Å². The Kier molecular flexibility index (Phi) is 2.79. The Morgan fingerprint density at radius 2 is 1.65 bits per heavy atom. The van der Waals surface area contributed by atoms with Gasteiger partial charge in [0.25, 0.3) is 4.93 Å². The highest BCUT2D eigenvalue weighted by molar-refractivity contribution is 8.01. The van der Waals surface area contributed by atoms with E-state index in [4.69, 9.17) is 4.74 Å². The summed E-state index contributed by atoms with van der Waals surface area (Å²) in [6.07, 6.45) is 1.57. The van der Waals surface area contributed by atoms with Crippen LogP contribution in [0.2, 0.25) is 0 Å². The molecule has 0 fully saturated rings. The van der Waals surface area contributed by atoms with E-state index in [-0.39, 0.29) is 0 Å². The molecule has 0 spiro atoms. The van der Waals surface area contributed by atoms with Crippen LogP contribution in [0.15, 0.2) is 24.3 Å². The maximum Gasteiger partial charge on any atom is 0.304 e. The number of carbonyl (C=O) groups excluding carboxylic acids is 3. The van der Waals surface area contributed by atoms with E-state index < -0.39 is 22.5 Å². The molecule has 0 heterocycles. The minimum absolute atomic E-state index is 0.313. The lowest BCUT2D eigenvalue weighted by Gasteiger charge is -2.22. The Hall–Kier alpha value is -1.62. The maximum absolute atomic E-state index is 12.2. The first-order valence-corrected chi connectivity index (χ1v) is 6.19. The lowest BCUT2D eigenvalue weighted by atomic mass is 10.1. The Balaban J connectivity index is 2.57. The van der Waals surface area contributed by atoms with Gasteiger partial charge in [-0.15, -0.1) is 11.8 Å². The number of esters is 1. The first-order valence-electron chi connectivity index (χ1n) is 4.96. The number of ether oxygens (including phenoxy) is 1.